The Labute approximate surface area is 90.5 Å². The first-order valence-corrected chi connectivity index (χ1v) is 5.88. The van der Waals surface area contributed by atoms with Crippen molar-refractivity contribution in [3.63, 3.8) is 0 Å². The molecule has 0 aromatic heterocycles. The van der Waals surface area contributed by atoms with Crippen molar-refractivity contribution in [1.82, 2.24) is 5.32 Å². The van der Waals surface area contributed by atoms with Gasteiger partial charge in [0.05, 0.1) is 0 Å². The fraction of sp³-hybridized carbons (Fsp3) is 0.909. The van der Waals surface area contributed by atoms with Gasteiger partial charge in [0.2, 0.25) is 5.91 Å². The van der Waals surface area contributed by atoms with Crippen LogP contribution in [0.5, 0.6) is 0 Å². The Morgan fingerprint density at radius 1 is 1.33 bits per heavy atom. The van der Waals surface area contributed by atoms with Gasteiger partial charge < -0.3 is 15.8 Å². The first kappa shape index (κ1) is 10.9. The highest BCUT2D eigenvalue weighted by molar-refractivity contribution is 5.85. The quantitative estimate of drug-likeness (QED) is 0.697. The van der Waals surface area contributed by atoms with E-state index in [0.29, 0.717) is 5.92 Å². The largest absolute Gasteiger partial charge is 0.381 e. The molecule has 2 aliphatic heterocycles. The molecule has 1 atom stereocenters. The van der Waals surface area contributed by atoms with Crippen molar-refractivity contribution in [2.24, 2.45) is 11.7 Å². The van der Waals surface area contributed by atoms with Gasteiger partial charge in [0, 0.05) is 13.2 Å². The van der Waals surface area contributed by atoms with Gasteiger partial charge in [-0.05, 0) is 44.6 Å². The molecule has 0 spiro atoms. The molecule has 0 bridgehead atoms. The Kier molecular flexibility index (Phi) is 3.26. The molecule has 2 fully saturated rings. The maximum absolute atomic E-state index is 11.7. The lowest BCUT2D eigenvalue weighted by atomic mass is 9.73. The van der Waals surface area contributed by atoms with Crippen LogP contribution < -0.4 is 11.1 Å². The number of nitrogens with one attached hydrogen (secondary N) is 1. The zero-order chi connectivity index (χ0) is 10.7. The highest BCUT2D eigenvalue weighted by atomic mass is 16.5. The summed E-state index contributed by atoms with van der Waals surface area (Å²) >= 11 is 0. The van der Waals surface area contributed by atoms with Gasteiger partial charge in [-0.2, -0.15) is 0 Å². The molecule has 1 unspecified atom stereocenters. The van der Waals surface area contributed by atoms with Crippen molar-refractivity contribution in [2.45, 2.75) is 37.6 Å². The number of ether oxygens (including phenoxy) is 1. The summed E-state index contributed by atoms with van der Waals surface area (Å²) in [6, 6.07) is 0. The predicted molar refractivity (Wildman–Crippen MR) is 57.3 cm³/mol. The molecule has 0 aliphatic carbocycles. The molecule has 3 N–H and O–H groups in total. The molecule has 4 nitrogen and oxygen atoms in total. The third-order valence-electron chi connectivity index (χ3n) is 3.80. The van der Waals surface area contributed by atoms with Gasteiger partial charge in [0.1, 0.15) is 5.54 Å². The Morgan fingerprint density at radius 3 is 2.60 bits per heavy atom. The summed E-state index contributed by atoms with van der Waals surface area (Å²) in [5.41, 5.74) is 5.15. The minimum Gasteiger partial charge on any atom is -0.381 e. The first-order valence-electron chi connectivity index (χ1n) is 5.88. The zero-order valence-corrected chi connectivity index (χ0v) is 9.13. The average Bonchev–Trinajstić information content (AvgIpc) is 2.31. The molecule has 2 rings (SSSR count). The van der Waals surface area contributed by atoms with E-state index in [1.807, 2.05) is 0 Å². The zero-order valence-electron chi connectivity index (χ0n) is 9.13. The number of primary amides is 1. The molecule has 0 radical (unpaired) electrons. The SMILES string of the molecule is NC(=O)C1(C2CCOCC2)CCCCN1. The van der Waals surface area contributed by atoms with Crippen LogP contribution in [0.1, 0.15) is 32.1 Å². The van der Waals surface area contributed by atoms with Crippen LogP contribution in [-0.2, 0) is 9.53 Å². The maximum Gasteiger partial charge on any atom is 0.238 e. The average molecular weight is 212 g/mol. The second-order valence-electron chi connectivity index (χ2n) is 4.61. The van der Waals surface area contributed by atoms with Crippen molar-refractivity contribution in [1.29, 1.82) is 0 Å². The molecular weight excluding hydrogens is 192 g/mol. The van der Waals surface area contributed by atoms with Gasteiger partial charge in [0.25, 0.3) is 0 Å². The highest BCUT2D eigenvalue weighted by Gasteiger charge is 2.44. The monoisotopic (exact) mass is 212 g/mol. The lowest BCUT2D eigenvalue weighted by Crippen LogP contribution is -2.63. The van der Waals surface area contributed by atoms with Crippen molar-refractivity contribution >= 4 is 5.91 Å². The fourth-order valence-corrected chi connectivity index (χ4v) is 2.88. The lowest BCUT2D eigenvalue weighted by molar-refractivity contribution is -0.129. The first-order chi connectivity index (χ1) is 7.26. The summed E-state index contributed by atoms with van der Waals surface area (Å²) in [6.07, 6.45) is 5.06. The molecule has 2 heterocycles. The van der Waals surface area contributed by atoms with E-state index in [4.69, 9.17) is 10.5 Å². The number of hydrogen-bond acceptors (Lipinski definition) is 3. The van der Waals surface area contributed by atoms with Crippen LogP contribution in [0.25, 0.3) is 0 Å². The van der Waals surface area contributed by atoms with Crippen LogP contribution in [0.15, 0.2) is 0 Å². The van der Waals surface area contributed by atoms with Crippen LogP contribution in [0, 0.1) is 5.92 Å². The van der Waals surface area contributed by atoms with E-state index in [-0.39, 0.29) is 5.91 Å². The minimum absolute atomic E-state index is 0.172. The predicted octanol–water partition coefficient (Wildman–Crippen LogP) is 0.411. The molecule has 4 heteroatoms. The lowest BCUT2D eigenvalue weighted by Gasteiger charge is -2.43. The Bertz CT molecular complexity index is 231. The summed E-state index contributed by atoms with van der Waals surface area (Å²) in [5, 5.41) is 3.37. The van der Waals surface area contributed by atoms with E-state index in [0.717, 1.165) is 51.9 Å². The van der Waals surface area contributed by atoms with Crippen molar-refractivity contribution in [3.8, 4) is 0 Å². The van der Waals surface area contributed by atoms with Crippen molar-refractivity contribution in [3.05, 3.63) is 0 Å². The van der Waals surface area contributed by atoms with Crippen LogP contribution >= 0.6 is 0 Å². The van der Waals surface area contributed by atoms with E-state index in [1.165, 1.54) is 0 Å². The molecule has 15 heavy (non-hydrogen) atoms. The van der Waals surface area contributed by atoms with Crippen molar-refractivity contribution < 1.29 is 9.53 Å². The number of carbonyl (C=O) groups excluding carboxylic acids is 1. The summed E-state index contributed by atoms with van der Waals surface area (Å²) in [5.74, 6) is 0.193. The molecule has 0 aromatic carbocycles. The van der Waals surface area contributed by atoms with Gasteiger partial charge in [0.15, 0.2) is 0 Å². The topological polar surface area (TPSA) is 64.4 Å². The number of carbonyl (C=O) groups is 1. The molecular formula is C11H20N2O2. The number of nitrogens with two attached hydrogens (primary N) is 1. The number of piperidine rings is 1. The summed E-state index contributed by atoms with van der Waals surface area (Å²) in [4.78, 5) is 11.7. The smallest absolute Gasteiger partial charge is 0.238 e. The number of hydrogen-bond donors (Lipinski definition) is 2. The summed E-state index contributed by atoms with van der Waals surface area (Å²) in [6.45, 7) is 2.45. The number of amides is 1. The summed E-state index contributed by atoms with van der Waals surface area (Å²) < 4.78 is 5.34. The molecule has 86 valence electrons. The maximum atomic E-state index is 11.7. The standard InChI is InChI=1S/C11H20N2O2/c12-10(14)11(5-1-2-6-13-11)9-3-7-15-8-4-9/h9,13H,1-8H2,(H2,12,14). The normalized spacial score (nSPS) is 33.9. The van der Waals surface area contributed by atoms with E-state index in [1.54, 1.807) is 0 Å². The molecule has 1 amide bonds. The van der Waals surface area contributed by atoms with Crippen LogP contribution in [0.3, 0.4) is 0 Å². The van der Waals surface area contributed by atoms with E-state index < -0.39 is 5.54 Å². The van der Waals surface area contributed by atoms with Gasteiger partial charge in [-0.15, -0.1) is 0 Å². The highest BCUT2D eigenvalue weighted by Crippen LogP contribution is 2.33. The number of rotatable bonds is 2. The Balaban J connectivity index is 2.12. The van der Waals surface area contributed by atoms with Crippen LogP contribution in [-0.4, -0.2) is 31.2 Å². The molecule has 0 aromatic rings. The van der Waals surface area contributed by atoms with E-state index in [2.05, 4.69) is 5.32 Å². The van der Waals surface area contributed by atoms with Gasteiger partial charge in [-0.1, -0.05) is 0 Å². The van der Waals surface area contributed by atoms with Gasteiger partial charge in [-0.3, -0.25) is 4.79 Å². The van der Waals surface area contributed by atoms with Gasteiger partial charge in [-0.25, -0.2) is 0 Å². The molecule has 0 saturated carbocycles. The minimum atomic E-state index is -0.442. The van der Waals surface area contributed by atoms with E-state index in [9.17, 15) is 4.79 Å². The molecule has 2 aliphatic rings. The molecule has 2 saturated heterocycles. The Hall–Kier alpha value is -0.610. The van der Waals surface area contributed by atoms with Crippen LogP contribution in [0.2, 0.25) is 0 Å². The fourth-order valence-electron chi connectivity index (χ4n) is 2.88. The third-order valence-corrected chi connectivity index (χ3v) is 3.80. The summed E-state index contributed by atoms with van der Waals surface area (Å²) in [7, 11) is 0. The third kappa shape index (κ3) is 2.01. The Morgan fingerprint density at radius 2 is 2.07 bits per heavy atom. The van der Waals surface area contributed by atoms with E-state index >= 15 is 0 Å². The second-order valence-corrected chi connectivity index (χ2v) is 4.61. The van der Waals surface area contributed by atoms with Crippen molar-refractivity contribution in [2.75, 3.05) is 19.8 Å². The van der Waals surface area contributed by atoms with Crippen LogP contribution in [0.4, 0.5) is 0 Å². The van der Waals surface area contributed by atoms with Gasteiger partial charge >= 0.3 is 0 Å². The second kappa shape index (κ2) is 4.49.